The fourth-order valence-electron chi connectivity index (χ4n) is 1.45. The fourth-order valence-corrected chi connectivity index (χ4v) is 1.90. The summed E-state index contributed by atoms with van der Waals surface area (Å²) in [4.78, 5) is 15.4. The predicted octanol–water partition coefficient (Wildman–Crippen LogP) is 2.65. The lowest BCUT2D eigenvalue weighted by molar-refractivity contribution is 0.0512. The zero-order valence-electron chi connectivity index (χ0n) is 10.4. The van der Waals surface area contributed by atoms with E-state index >= 15 is 0 Å². The highest BCUT2D eigenvalue weighted by atomic mass is 79.9. The Hall–Kier alpha value is -1.76. The van der Waals surface area contributed by atoms with Crippen molar-refractivity contribution in [3.05, 3.63) is 40.1 Å². The molecule has 0 unspecified atom stereocenters. The molecule has 0 saturated heterocycles. The summed E-state index contributed by atoms with van der Waals surface area (Å²) in [5, 5.41) is 3.99. The van der Waals surface area contributed by atoms with Crippen LogP contribution in [0.3, 0.4) is 0 Å². The van der Waals surface area contributed by atoms with Crippen LogP contribution < -0.4 is 0 Å². The number of rotatable bonds is 3. The van der Waals surface area contributed by atoms with Crippen LogP contribution in [-0.2, 0) is 4.74 Å². The summed E-state index contributed by atoms with van der Waals surface area (Å²) in [6.45, 7) is 3.60. The van der Waals surface area contributed by atoms with E-state index in [-0.39, 0.29) is 18.2 Å². The lowest BCUT2D eigenvalue weighted by Gasteiger charge is -2.03. The van der Waals surface area contributed by atoms with Gasteiger partial charge in [-0.15, -0.1) is 5.10 Å². The van der Waals surface area contributed by atoms with E-state index in [0.717, 1.165) is 0 Å². The number of aromatic nitrogens is 3. The summed E-state index contributed by atoms with van der Waals surface area (Å²) in [7, 11) is 0. The number of esters is 1. The van der Waals surface area contributed by atoms with Gasteiger partial charge in [0.05, 0.1) is 12.3 Å². The lowest BCUT2D eigenvalue weighted by atomic mass is 10.2. The third-order valence-electron chi connectivity index (χ3n) is 2.43. The van der Waals surface area contributed by atoms with Crippen LogP contribution in [0.4, 0.5) is 4.39 Å². The highest BCUT2D eigenvalue weighted by Crippen LogP contribution is 2.17. The molecule has 1 aromatic heterocycles. The van der Waals surface area contributed by atoms with E-state index < -0.39 is 5.97 Å². The van der Waals surface area contributed by atoms with Gasteiger partial charge in [-0.3, -0.25) is 0 Å². The summed E-state index contributed by atoms with van der Waals surface area (Å²) in [5.74, 6) is -1.04. The zero-order valence-corrected chi connectivity index (χ0v) is 11.9. The van der Waals surface area contributed by atoms with Crippen molar-refractivity contribution in [2.45, 2.75) is 13.8 Å². The topological polar surface area (TPSA) is 57.0 Å². The molecule has 0 saturated carbocycles. The molecular weight excluding hydrogens is 317 g/mol. The van der Waals surface area contributed by atoms with Crippen molar-refractivity contribution < 1.29 is 13.9 Å². The van der Waals surface area contributed by atoms with Crippen LogP contribution in [0.2, 0.25) is 0 Å². The molecule has 0 aliphatic carbocycles. The Bertz CT molecular complexity index is 627. The van der Waals surface area contributed by atoms with Crippen LogP contribution in [0.5, 0.6) is 0 Å². The van der Waals surface area contributed by atoms with Crippen LogP contribution in [0, 0.1) is 12.7 Å². The van der Waals surface area contributed by atoms with Gasteiger partial charge in [0.15, 0.2) is 0 Å². The van der Waals surface area contributed by atoms with Crippen molar-refractivity contribution >= 4 is 21.9 Å². The van der Waals surface area contributed by atoms with E-state index in [9.17, 15) is 9.18 Å². The molecule has 19 heavy (non-hydrogen) atoms. The Labute approximate surface area is 117 Å². The SMILES string of the molecule is CCOC(=O)c1nc(Br)n(-c2ccc(C)c(F)c2)n1. The van der Waals surface area contributed by atoms with Gasteiger partial charge in [0, 0.05) is 0 Å². The van der Waals surface area contributed by atoms with Crippen LogP contribution in [-0.4, -0.2) is 27.3 Å². The predicted molar refractivity (Wildman–Crippen MR) is 69.7 cm³/mol. The summed E-state index contributed by atoms with van der Waals surface area (Å²) in [6.07, 6.45) is 0. The molecule has 0 bridgehead atoms. The number of ether oxygens (including phenoxy) is 1. The number of carbonyl (C=O) groups is 1. The van der Waals surface area contributed by atoms with Gasteiger partial charge in [0.1, 0.15) is 5.82 Å². The van der Waals surface area contributed by atoms with Crippen LogP contribution in [0.1, 0.15) is 23.1 Å². The second-order valence-corrected chi connectivity index (χ2v) is 4.48. The van der Waals surface area contributed by atoms with Crippen molar-refractivity contribution in [2.75, 3.05) is 6.61 Å². The Morgan fingerprint density at radius 1 is 1.53 bits per heavy atom. The first-order valence-electron chi connectivity index (χ1n) is 5.59. The number of aryl methyl sites for hydroxylation is 1. The molecule has 0 fully saturated rings. The van der Waals surface area contributed by atoms with Gasteiger partial charge in [-0.25, -0.2) is 13.9 Å². The molecule has 0 radical (unpaired) electrons. The van der Waals surface area contributed by atoms with Crippen molar-refractivity contribution in [3.8, 4) is 5.69 Å². The summed E-state index contributed by atoms with van der Waals surface area (Å²) >= 11 is 3.18. The van der Waals surface area contributed by atoms with E-state index in [2.05, 4.69) is 26.0 Å². The number of nitrogens with zero attached hydrogens (tertiary/aromatic N) is 3. The number of hydrogen-bond acceptors (Lipinski definition) is 4. The largest absolute Gasteiger partial charge is 0.460 e. The summed E-state index contributed by atoms with van der Waals surface area (Å²) in [6, 6.07) is 4.64. The zero-order chi connectivity index (χ0) is 14.0. The number of benzene rings is 1. The fraction of sp³-hybridized carbons (Fsp3) is 0.250. The van der Waals surface area contributed by atoms with Gasteiger partial charge in [-0.2, -0.15) is 4.98 Å². The molecule has 0 N–H and O–H groups in total. The van der Waals surface area contributed by atoms with Gasteiger partial charge >= 0.3 is 5.97 Å². The van der Waals surface area contributed by atoms with E-state index in [0.29, 0.717) is 16.0 Å². The summed E-state index contributed by atoms with van der Waals surface area (Å²) in [5.41, 5.74) is 1.00. The Morgan fingerprint density at radius 3 is 2.89 bits per heavy atom. The molecule has 1 aromatic carbocycles. The average molecular weight is 328 g/mol. The quantitative estimate of drug-likeness (QED) is 0.813. The first-order chi connectivity index (χ1) is 9.02. The third kappa shape index (κ3) is 2.81. The molecule has 0 aliphatic heterocycles. The highest BCUT2D eigenvalue weighted by molar-refractivity contribution is 9.10. The van der Waals surface area contributed by atoms with Gasteiger partial charge in [0.25, 0.3) is 5.82 Å². The first kappa shape index (κ1) is 13.7. The van der Waals surface area contributed by atoms with Crippen molar-refractivity contribution in [1.29, 1.82) is 0 Å². The molecular formula is C12H11BrFN3O2. The van der Waals surface area contributed by atoms with E-state index in [1.54, 1.807) is 26.0 Å². The second kappa shape index (κ2) is 5.48. The third-order valence-corrected chi connectivity index (χ3v) is 2.94. The van der Waals surface area contributed by atoms with E-state index in [1.807, 2.05) is 0 Å². The molecule has 5 nitrogen and oxygen atoms in total. The Morgan fingerprint density at radius 2 is 2.26 bits per heavy atom. The smallest absolute Gasteiger partial charge is 0.378 e. The van der Waals surface area contributed by atoms with Gasteiger partial charge in [-0.05, 0) is 47.5 Å². The maximum absolute atomic E-state index is 13.5. The Balaban J connectivity index is 2.40. The molecule has 0 spiro atoms. The van der Waals surface area contributed by atoms with Gasteiger partial charge in [-0.1, -0.05) is 6.07 Å². The van der Waals surface area contributed by atoms with Crippen LogP contribution in [0.25, 0.3) is 5.69 Å². The number of halogens is 2. The van der Waals surface area contributed by atoms with Crippen molar-refractivity contribution in [1.82, 2.24) is 14.8 Å². The minimum atomic E-state index is -0.616. The first-order valence-corrected chi connectivity index (χ1v) is 6.38. The molecule has 2 rings (SSSR count). The highest BCUT2D eigenvalue weighted by Gasteiger charge is 2.17. The van der Waals surface area contributed by atoms with Crippen molar-refractivity contribution in [3.63, 3.8) is 0 Å². The number of carbonyl (C=O) groups excluding carboxylic acids is 1. The maximum atomic E-state index is 13.5. The minimum absolute atomic E-state index is 0.0743. The number of hydrogen-bond donors (Lipinski definition) is 0. The Kier molecular flexibility index (Phi) is 3.94. The molecule has 0 aliphatic rings. The van der Waals surface area contributed by atoms with Gasteiger partial charge < -0.3 is 4.74 Å². The van der Waals surface area contributed by atoms with Crippen molar-refractivity contribution in [2.24, 2.45) is 0 Å². The van der Waals surface area contributed by atoms with E-state index in [1.165, 1.54) is 10.7 Å². The molecule has 2 aromatic rings. The molecule has 100 valence electrons. The minimum Gasteiger partial charge on any atom is -0.460 e. The summed E-state index contributed by atoms with van der Waals surface area (Å²) < 4.78 is 19.9. The van der Waals surface area contributed by atoms with Crippen LogP contribution >= 0.6 is 15.9 Å². The second-order valence-electron chi connectivity index (χ2n) is 3.77. The lowest BCUT2D eigenvalue weighted by Crippen LogP contribution is -2.07. The molecule has 0 amide bonds. The molecule has 7 heteroatoms. The van der Waals surface area contributed by atoms with Gasteiger partial charge in [0.2, 0.25) is 4.73 Å². The maximum Gasteiger partial charge on any atom is 0.378 e. The molecule has 0 atom stereocenters. The molecule has 1 heterocycles. The van der Waals surface area contributed by atoms with Crippen LogP contribution in [0.15, 0.2) is 22.9 Å². The average Bonchev–Trinajstić information content (AvgIpc) is 2.75. The normalized spacial score (nSPS) is 10.5. The monoisotopic (exact) mass is 327 g/mol. The van der Waals surface area contributed by atoms with E-state index in [4.69, 9.17) is 4.74 Å². The standard InChI is InChI=1S/C12H11BrFN3O2/c1-3-19-11(18)10-15-12(13)17(16-10)8-5-4-7(2)9(14)6-8/h4-6H,3H2,1-2H3.